The van der Waals surface area contributed by atoms with E-state index < -0.39 is 17.5 Å². The number of hydrogen-bond donors (Lipinski definition) is 2. The molecule has 2 aromatic rings. The molecule has 19 heavy (non-hydrogen) atoms. The lowest BCUT2D eigenvalue weighted by atomic mass is 10.3. The van der Waals surface area contributed by atoms with Gasteiger partial charge in [0.05, 0.1) is 12.2 Å². The molecular formula is C14H12F2N2O. The van der Waals surface area contributed by atoms with Crippen LogP contribution in [-0.2, 0) is 4.79 Å². The summed E-state index contributed by atoms with van der Waals surface area (Å²) in [6.07, 6.45) is 0. The molecule has 0 aliphatic heterocycles. The van der Waals surface area contributed by atoms with Gasteiger partial charge in [-0.3, -0.25) is 4.79 Å². The van der Waals surface area contributed by atoms with Crippen molar-refractivity contribution in [3.8, 4) is 0 Å². The zero-order chi connectivity index (χ0) is 13.7. The molecule has 2 N–H and O–H groups in total. The van der Waals surface area contributed by atoms with Gasteiger partial charge < -0.3 is 10.6 Å². The molecule has 0 atom stereocenters. The molecule has 0 bridgehead atoms. The highest BCUT2D eigenvalue weighted by Gasteiger charge is 2.07. The Hall–Kier alpha value is -2.43. The standard InChI is InChI=1S/C14H12F2N2O/c15-10-6-7-12(16)13(8-10)18-14(19)9-17-11-4-2-1-3-5-11/h1-8,17H,9H2,(H,18,19). The van der Waals surface area contributed by atoms with Crippen molar-refractivity contribution in [1.29, 1.82) is 0 Å². The Bertz CT molecular complexity index is 573. The monoisotopic (exact) mass is 262 g/mol. The predicted octanol–water partition coefficient (Wildman–Crippen LogP) is 3.02. The predicted molar refractivity (Wildman–Crippen MR) is 69.9 cm³/mol. The number of carbonyl (C=O) groups excluding carboxylic acids is 1. The smallest absolute Gasteiger partial charge is 0.243 e. The van der Waals surface area contributed by atoms with Crippen LogP contribution in [0.3, 0.4) is 0 Å². The lowest BCUT2D eigenvalue weighted by Crippen LogP contribution is -2.22. The Balaban J connectivity index is 1.93. The summed E-state index contributed by atoms with van der Waals surface area (Å²) in [6.45, 7) is -0.0278. The van der Waals surface area contributed by atoms with E-state index in [-0.39, 0.29) is 12.2 Å². The zero-order valence-electron chi connectivity index (χ0n) is 9.99. The van der Waals surface area contributed by atoms with Crippen LogP contribution in [0.25, 0.3) is 0 Å². The number of para-hydroxylation sites is 1. The van der Waals surface area contributed by atoms with Crippen molar-refractivity contribution in [3.05, 3.63) is 60.2 Å². The first kappa shape index (κ1) is 13.0. The minimum absolute atomic E-state index is 0.0278. The molecule has 0 aromatic heterocycles. The molecular weight excluding hydrogens is 250 g/mol. The van der Waals surface area contributed by atoms with E-state index in [2.05, 4.69) is 10.6 Å². The number of hydrogen-bond acceptors (Lipinski definition) is 2. The highest BCUT2D eigenvalue weighted by molar-refractivity contribution is 5.93. The zero-order valence-corrected chi connectivity index (χ0v) is 9.99. The van der Waals surface area contributed by atoms with E-state index in [1.165, 1.54) is 0 Å². The third kappa shape index (κ3) is 3.77. The van der Waals surface area contributed by atoms with Gasteiger partial charge in [0.1, 0.15) is 11.6 Å². The molecule has 2 rings (SSSR count). The second kappa shape index (κ2) is 5.95. The second-order valence-corrected chi connectivity index (χ2v) is 3.89. The van der Waals surface area contributed by atoms with Gasteiger partial charge in [-0.1, -0.05) is 18.2 Å². The van der Waals surface area contributed by atoms with Crippen LogP contribution in [0, 0.1) is 11.6 Å². The van der Waals surface area contributed by atoms with Gasteiger partial charge in [-0.2, -0.15) is 0 Å². The van der Waals surface area contributed by atoms with Crippen molar-refractivity contribution in [3.63, 3.8) is 0 Å². The summed E-state index contributed by atoms with van der Waals surface area (Å²) in [7, 11) is 0. The minimum atomic E-state index is -0.672. The summed E-state index contributed by atoms with van der Waals surface area (Å²) in [4.78, 5) is 11.6. The number of benzene rings is 2. The van der Waals surface area contributed by atoms with Crippen LogP contribution in [0.4, 0.5) is 20.2 Å². The molecule has 98 valence electrons. The molecule has 0 saturated carbocycles. The summed E-state index contributed by atoms with van der Waals surface area (Å²) in [5, 5.41) is 5.18. The van der Waals surface area contributed by atoms with Crippen molar-refractivity contribution in [2.45, 2.75) is 0 Å². The van der Waals surface area contributed by atoms with Crippen molar-refractivity contribution >= 4 is 17.3 Å². The quantitative estimate of drug-likeness (QED) is 0.889. The number of anilines is 2. The molecule has 0 heterocycles. The third-order valence-electron chi connectivity index (χ3n) is 2.43. The summed E-state index contributed by atoms with van der Waals surface area (Å²) in [5.41, 5.74) is 0.609. The molecule has 3 nitrogen and oxygen atoms in total. The topological polar surface area (TPSA) is 41.1 Å². The van der Waals surface area contributed by atoms with Gasteiger partial charge >= 0.3 is 0 Å². The number of amides is 1. The van der Waals surface area contributed by atoms with E-state index in [1.807, 2.05) is 18.2 Å². The Morgan fingerprint density at radius 3 is 2.53 bits per heavy atom. The Labute approximate surface area is 109 Å². The van der Waals surface area contributed by atoms with Gasteiger partial charge in [0.15, 0.2) is 0 Å². The molecule has 0 aliphatic rings. The molecule has 5 heteroatoms. The number of nitrogens with one attached hydrogen (secondary N) is 2. The van der Waals surface area contributed by atoms with E-state index in [9.17, 15) is 13.6 Å². The molecule has 0 saturated heterocycles. The van der Waals surface area contributed by atoms with E-state index in [0.717, 1.165) is 23.9 Å². The second-order valence-electron chi connectivity index (χ2n) is 3.89. The summed E-state index contributed by atoms with van der Waals surface area (Å²) < 4.78 is 26.2. The van der Waals surface area contributed by atoms with E-state index >= 15 is 0 Å². The van der Waals surface area contributed by atoms with Crippen molar-refractivity contribution in [1.82, 2.24) is 0 Å². The van der Waals surface area contributed by atoms with Gasteiger partial charge in [-0.05, 0) is 24.3 Å². The van der Waals surface area contributed by atoms with E-state index in [0.29, 0.717) is 0 Å². The van der Waals surface area contributed by atoms with Gasteiger partial charge in [-0.15, -0.1) is 0 Å². The highest BCUT2D eigenvalue weighted by Crippen LogP contribution is 2.15. The molecule has 0 unspecified atom stereocenters. The first-order valence-electron chi connectivity index (χ1n) is 5.69. The lowest BCUT2D eigenvalue weighted by molar-refractivity contribution is -0.114. The van der Waals surface area contributed by atoms with E-state index in [4.69, 9.17) is 0 Å². The van der Waals surface area contributed by atoms with Gasteiger partial charge in [0.25, 0.3) is 0 Å². The Morgan fingerprint density at radius 2 is 1.79 bits per heavy atom. The first-order chi connectivity index (χ1) is 9.15. The normalized spacial score (nSPS) is 10.0. The maximum Gasteiger partial charge on any atom is 0.243 e. The number of halogens is 2. The van der Waals surface area contributed by atoms with Crippen LogP contribution >= 0.6 is 0 Å². The Kier molecular flexibility index (Phi) is 4.07. The van der Waals surface area contributed by atoms with Crippen LogP contribution in [-0.4, -0.2) is 12.5 Å². The average Bonchev–Trinajstić information content (AvgIpc) is 2.42. The SMILES string of the molecule is O=C(CNc1ccccc1)Nc1cc(F)ccc1F. The largest absolute Gasteiger partial charge is 0.376 e. The van der Waals surface area contributed by atoms with Crippen LogP contribution < -0.4 is 10.6 Å². The summed E-state index contributed by atoms with van der Waals surface area (Å²) in [6, 6.07) is 12.0. The van der Waals surface area contributed by atoms with Gasteiger partial charge in [0.2, 0.25) is 5.91 Å². The maximum atomic E-state index is 13.3. The lowest BCUT2D eigenvalue weighted by Gasteiger charge is -2.08. The molecule has 0 radical (unpaired) electrons. The number of rotatable bonds is 4. The van der Waals surface area contributed by atoms with Crippen LogP contribution in [0.15, 0.2) is 48.5 Å². The van der Waals surface area contributed by atoms with Crippen LogP contribution in [0.5, 0.6) is 0 Å². The van der Waals surface area contributed by atoms with Gasteiger partial charge in [0, 0.05) is 11.8 Å². The molecule has 0 spiro atoms. The highest BCUT2D eigenvalue weighted by atomic mass is 19.1. The molecule has 1 amide bonds. The summed E-state index contributed by atoms with van der Waals surface area (Å²) >= 11 is 0. The Morgan fingerprint density at radius 1 is 1.05 bits per heavy atom. The van der Waals surface area contributed by atoms with Crippen LogP contribution in [0.2, 0.25) is 0 Å². The summed E-state index contributed by atoms with van der Waals surface area (Å²) in [5.74, 6) is -1.73. The average molecular weight is 262 g/mol. The third-order valence-corrected chi connectivity index (χ3v) is 2.43. The molecule has 0 aliphatic carbocycles. The first-order valence-corrected chi connectivity index (χ1v) is 5.69. The fourth-order valence-corrected chi connectivity index (χ4v) is 1.53. The van der Waals surface area contributed by atoms with Crippen molar-refractivity contribution in [2.24, 2.45) is 0 Å². The fraction of sp³-hybridized carbons (Fsp3) is 0.0714. The van der Waals surface area contributed by atoms with Crippen molar-refractivity contribution in [2.75, 3.05) is 17.2 Å². The fourth-order valence-electron chi connectivity index (χ4n) is 1.53. The van der Waals surface area contributed by atoms with E-state index in [1.54, 1.807) is 12.1 Å². The minimum Gasteiger partial charge on any atom is -0.376 e. The number of carbonyl (C=O) groups is 1. The van der Waals surface area contributed by atoms with Crippen LogP contribution in [0.1, 0.15) is 0 Å². The van der Waals surface area contributed by atoms with Crippen molar-refractivity contribution < 1.29 is 13.6 Å². The van der Waals surface area contributed by atoms with Gasteiger partial charge in [-0.25, -0.2) is 8.78 Å². The maximum absolute atomic E-state index is 13.3. The molecule has 0 fully saturated rings. The molecule has 2 aromatic carbocycles.